The number of hydrogen-bond acceptors (Lipinski definition) is 4. The van der Waals surface area contributed by atoms with Crippen LogP contribution in [-0.2, 0) is 9.53 Å². The lowest BCUT2D eigenvalue weighted by atomic mass is 10.1. The highest BCUT2D eigenvalue weighted by molar-refractivity contribution is 5.88. The molecule has 0 rings (SSSR count). The van der Waals surface area contributed by atoms with Crippen molar-refractivity contribution in [1.29, 1.82) is 0 Å². The molecule has 70 valence electrons. The lowest BCUT2D eigenvalue weighted by molar-refractivity contribution is -0.136. The number of rotatable bonds is 3. The van der Waals surface area contributed by atoms with Crippen molar-refractivity contribution in [3.8, 4) is 0 Å². The van der Waals surface area contributed by atoms with E-state index < -0.39 is 12.1 Å². The van der Waals surface area contributed by atoms with Crippen LogP contribution in [0.5, 0.6) is 0 Å². The maximum absolute atomic E-state index is 10.9. The summed E-state index contributed by atoms with van der Waals surface area (Å²) in [5, 5.41) is 17.7. The van der Waals surface area contributed by atoms with Crippen LogP contribution in [0.25, 0.3) is 0 Å². The SMILES string of the molecule is COC(=O)/C(C)=C(\C)[C@H](O)CO. The number of hydrogen-bond donors (Lipinski definition) is 2. The van der Waals surface area contributed by atoms with Gasteiger partial charge in [-0.25, -0.2) is 4.79 Å². The van der Waals surface area contributed by atoms with Crippen molar-refractivity contribution in [2.45, 2.75) is 20.0 Å². The fourth-order valence-corrected chi connectivity index (χ4v) is 0.701. The van der Waals surface area contributed by atoms with Crippen LogP contribution in [0.4, 0.5) is 0 Å². The highest BCUT2D eigenvalue weighted by atomic mass is 16.5. The van der Waals surface area contributed by atoms with Crippen molar-refractivity contribution in [1.82, 2.24) is 0 Å². The topological polar surface area (TPSA) is 66.8 Å². The molecule has 1 atom stereocenters. The maximum atomic E-state index is 10.9. The Balaban J connectivity index is 4.56. The third-order valence-corrected chi connectivity index (χ3v) is 1.76. The quantitative estimate of drug-likeness (QED) is 0.461. The van der Waals surface area contributed by atoms with Gasteiger partial charge in [0.25, 0.3) is 0 Å². The second-order valence-corrected chi connectivity index (χ2v) is 2.50. The van der Waals surface area contributed by atoms with E-state index in [-0.39, 0.29) is 6.61 Å². The summed E-state index contributed by atoms with van der Waals surface area (Å²) in [6.45, 7) is 2.73. The Bertz CT molecular complexity index is 195. The minimum atomic E-state index is -0.982. The van der Waals surface area contributed by atoms with Gasteiger partial charge in [-0.2, -0.15) is 0 Å². The molecule has 0 aromatic carbocycles. The van der Waals surface area contributed by atoms with Crippen molar-refractivity contribution in [2.75, 3.05) is 13.7 Å². The average molecular weight is 174 g/mol. The summed E-state index contributed by atoms with van der Waals surface area (Å²) in [4.78, 5) is 10.9. The summed E-state index contributed by atoms with van der Waals surface area (Å²) >= 11 is 0. The number of carbonyl (C=O) groups excluding carboxylic acids is 1. The lowest BCUT2D eigenvalue weighted by Crippen LogP contribution is -2.17. The molecule has 2 N–H and O–H groups in total. The second-order valence-electron chi connectivity index (χ2n) is 2.50. The van der Waals surface area contributed by atoms with Gasteiger partial charge in [-0.1, -0.05) is 0 Å². The van der Waals surface area contributed by atoms with Crippen molar-refractivity contribution in [3.63, 3.8) is 0 Å². The Morgan fingerprint density at radius 3 is 2.33 bits per heavy atom. The van der Waals surface area contributed by atoms with Crippen molar-refractivity contribution in [3.05, 3.63) is 11.1 Å². The largest absolute Gasteiger partial charge is 0.466 e. The van der Waals surface area contributed by atoms with Gasteiger partial charge in [0.05, 0.1) is 19.8 Å². The van der Waals surface area contributed by atoms with Crippen LogP contribution in [0.15, 0.2) is 11.1 Å². The van der Waals surface area contributed by atoms with Gasteiger partial charge >= 0.3 is 5.97 Å². The van der Waals surface area contributed by atoms with E-state index >= 15 is 0 Å². The van der Waals surface area contributed by atoms with Crippen LogP contribution in [0.2, 0.25) is 0 Å². The first-order valence-corrected chi connectivity index (χ1v) is 3.59. The average Bonchev–Trinajstić information content (AvgIpc) is 2.12. The summed E-state index contributed by atoms with van der Waals surface area (Å²) in [6, 6.07) is 0. The zero-order chi connectivity index (χ0) is 9.72. The first kappa shape index (κ1) is 11.1. The zero-order valence-electron chi connectivity index (χ0n) is 7.50. The van der Waals surface area contributed by atoms with Crippen molar-refractivity contribution in [2.24, 2.45) is 0 Å². The summed E-state index contributed by atoms with van der Waals surface area (Å²) in [7, 11) is 1.27. The predicted molar refractivity (Wildman–Crippen MR) is 43.5 cm³/mol. The molecule has 0 aliphatic carbocycles. The van der Waals surface area contributed by atoms with Crippen LogP contribution in [0.3, 0.4) is 0 Å². The first-order valence-electron chi connectivity index (χ1n) is 3.59. The molecule has 4 nitrogen and oxygen atoms in total. The van der Waals surface area contributed by atoms with Gasteiger partial charge in [0, 0.05) is 5.57 Å². The number of aliphatic hydroxyl groups is 2. The van der Waals surface area contributed by atoms with Crippen molar-refractivity contribution >= 4 is 5.97 Å². The van der Waals surface area contributed by atoms with E-state index in [1.807, 2.05) is 0 Å². The third-order valence-electron chi connectivity index (χ3n) is 1.76. The van der Waals surface area contributed by atoms with Crippen LogP contribution in [-0.4, -0.2) is 36.0 Å². The molecular formula is C8H14O4. The Kier molecular flexibility index (Phi) is 4.54. The fraction of sp³-hybridized carbons (Fsp3) is 0.625. The molecule has 0 aliphatic heterocycles. The third kappa shape index (κ3) is 2.64. The number of esters is 1. The van der Waals surface area contributed by atoms with Gasteiger partial charge in [-0.05, 0) is 19.4 Å². The molecule has 0 unspecified atom stereocenters. The first-order chi connectivity index (χ1) is 5.54. The fourth-order valence-electron chi connectivity index (χ4n) is 0.701. The monoisotopic (exact) mass is 174 g/mol. The van der Waals surface area contributed by atoms with Crippen LogP contribution in [0.1, 0.15) is 13.8 Å². The van der Waals surface area contributed by atoms with Gasteiger partial charge in [0.1, 0.15) is 0 Å². The van der Waals surface area contributed by atoms with E-state index in [2.05, 4.69) is 4.74 Å². The summed E-state index contributed by atoms with van der Waals surface area (Å²) in [5.41, 5.74) is 0.767. The summed E-state index contributed by atoms with van der Waals surface area (Å²) in [5.74, 6) is -0.486. The molecule has 0 saturated heterocycles. The van der Waals surface area contributed by atoms with E-state index in [9.17, 15) is 4.79 Å². The Morgan fingerprint density at radius 2 is 2.00 bits per heavy atom. The molecule has 0 spiro atoms. The minimum Gasteiger partial charge on any atom is -0.466 e. The van der Waals surface area contributed by atoms with Crippen molar-refractivity contribution < 1.29 is 19.7 Å². The van der Waals surface area contributed by atoms with E-state index in [1.165, 1.54) is 7.11 Å². The maximum Gasteiger partial charge on any atom is 0.333 e. The molecule has 4 heteroatoms. The molecule has 12 heavy (non-hydrogen) atoms. The summed E-state index contributed by atoms with van der Waals surface area (Å²) < 4.78 is 4.44. The molecule has 0 radical (unpaired) electrons. The number of carbonyl (C=O) groups is 1. The molecule has 0 aliphatic rings. The van der Waals surface area contributed by atoms with Gasteiger partial charge < -0.3 is 14.9 Å². The smallest absolute Gasteiger partial charge is 0.333 e. The molecular weight excluding hydrogens is 160 g/mol. The van der Waals surface area contributed by atoms with Gasteiger partial charge in [0.2, 0.25) is 0 Å². The standard InChI is InChI=1S/C8H14O4/c1-5(7(10)4-9)6(2)8(11)12-3/h7,9-10H,4H2,1-3H3/b6-5+/t7-/m1/s1. The number of aliphatic hydroxyl groups excluding tert-OH is 2. The van der Waals surface area contributed by atoms with Crippen LogP contribution in [0, 0.1) is 0 Å². The molecule has 0 saturated carbocycles. The lowest BCUT2D eigenvalue weighted by Gasteiger charge is -2.10. The van der Waals surface area contributed by atoms with E-state index in [1.54, 1.807) is 13.8 Å². The van der Waals surface area contributed by atoms with E-state index in [0.29, 0.717) is 11.1 Å². The number of methoxy groups -OCH3 is 1. The van der Waals surface area contributed by atoms with E-state index in [4.69, 9.17) is 10.2 Å². The molecule has 0 aromatic rings. The Morgan fingerprint density at radius 1 is 1.50 bits per heavy atom. The Hall–Kier alpha value is -0.870. The predicted octanol–water partition coefficient (Wildman–Crippen LogP) is -0.151. The Labute approximate surface area is 71.5 Å². The van der Waals surface area contributed by atoms with Crippen LogP contribution >= 0.6 is 0 Å². The van der Waals surface area contributed by atoms with E-state index in [0.717, 1.165) is 0 Å². The summed E-state index contributed by atoms with van der Waals surface area (Å²) in [6.07, 6.45) is -0.982. The second kappa shape index (κ2) is 4.90. The molecule has 0 aromatic heterocycles. The van der Waals surface area contributed by atoms with Gasteiger partial charge in [-0.3, -0.25) is 0 Å². The van der Waals surface area contributed by atoms with Gasteiger partial charge in [-0.15, -0.1) is 0 Å². The highest BCUT2D eigenvalue weighted by Gasteiger charge is 2.13. The highest BCUT2D eigenvalue weighted by Crippen LogP contribution is 2.09. The zero-order valence-corrected chi connectivity index (χ0v) is 7.50. The molecule has 0 bridgehead atoms. The normalized spacial score (nSPS) is 15.1. The molecule has 0 amide bonds. The van der Waals surface area contributed by atoms with Crippen LogP contribution < -0.4 is 0 Å². The molecule has 0 fully saturated rings. The minimum absolute atomic E-state index is 0.332. The number of ether oxygens (including phenoxy) is 1. The van der Waals surface area contributed by atoms with Gasteiger partial charge in [0.15, 0.2) is 0 Å². The molecule has 0 heterocycles.